The Labute approximate surface area is 193 Å². The largest absolute Gasteiger partial charge is 0.455 e. The van der Waals surface area contributed by atoms with Gasteiger partial charge in [-0.2, -0.15) is 0 Å². The van der Waals surface area contributed by atoms with E-state index in [1.807, 2.05) is 4.90 Å². The Morgan fingerprint density at radius 2 is 2.06 bits per heavy atom. The number of likely N-dealkylation sites (tertiary alicyclic amines) is 1. The van der Waals surface area contributed by atoms with Crippen molar-refractivity contribution < 1.29 is 14.1 Å². The predicted molar refractivity (Wildman–Crippen MR) is 130 cm³/mol. The molecule has 0 aromatic carbocycles. The molecule has 1 aromatic heterocycles. The van der Waals surface area contributed by atoms with Crippen LogP contribution in [0.3, 0.4) is 0 Å². The Balaban J connectivity index is 1.48. The predicted octanol–water partition coefficient (Wildman–Crippen LogP) is 3.36. The highest BCUT2D eigenvalue weighted by Crippen LogP contribution is 2.36. The molecule has 1 atom stereocenters. The zero-order chi connectivity index (χ0) is 22.6. The Morgan fingerprint density at radius 3 is 2.74 bits per heavy atom. The van der Waals surface area contributed by atoms with Gasteiger partial charge in [-0.15, -0.1) is 28.3 Å². The lowest BCUT2D eigenvalue weighted by Crippen LogP contribution is -2.39. The number of thiazole rings is 1. The summed E-state index contributed by atoms with van der Waals surface area (Å²) in [6.45, 7) is 12.7. The Hall–Kier alpha value is -1.72. The van der Waals surface area contributed by atoms with Crippen LogP contribution in [0.4, 0.5) is 0 Å². The Morgan fingerprint density at radius 1 is 1.35 bits per heavy atom. The fourth-order valence-corrected chi connectivity index (χ4v) is 5.01. The first-order valence-corrected chi connectivity index (χ1v) is 15.3. The van der Waals surface area contributed by atoms with Crippen LogP contribution in [0.25, 0.3) is 0 Å². The monoisotopic (exact) mass is 481 g/mol. The molecular formula is C20H31N5O3S2Si. The van der Waals surface area contributed by atoms with E-state index >= 15 is 0 Å². The van der Waals surface area contributed by atoms with Gasteiger partial charge in [-0.25, -0.2) is 4.98 Å². The van der Waals surface area contributed by atoms with Crippen molar-refractivity contribution in [1.29, 1.82) is 0 Å². The molecule has 8 nitrogen and oxygen atoms in total. The van der Waals surface area contributed by atoms with E-state index in [0.717, 1.165) is 31.0 Å². The summed E-state index contributed by atoms with van der Waals surface area (Å²) in [5.74, 6) is 0.486. The van der Waals surface area contributed by atoms with Crippen molar-refractivity contribution in [3.63, 3.8) is 0 Å². The third-order valence-corrected chi connectivity index (χ3v) is 11.8. The normalized spacial score (nSPS) is 19.7. The van der Waals surface area contributed by atoms with Crippen LogP contribution in [0.2, 0.25) is 18.1 Å². The standard InChI is InChI=1S/C20H31N5O3S2Si/c1-20(2,3)31(4,5)28-22-11-17-23-14(12-29-17)18(26)21-10-16-24-15(13-30-16)19(27)25-8-6-7-9-25/h11-12,15H,6-10,13H2,1-5H3,(H,21,26)/b22-11+/t15-/m1/s1. The van der Waals surface area contributed by atoms with E-state index in [4.69, 9.17) is 4.53 Å². The van der Waals surface area contributed by atoms with Crippen LogP contribution < -0.4 is 5.32 Å². The SMILES string of the molecule is CC(C)(C)[Si](C)(C)O/N=C/c1nc(C(=O)NCC2=N[C@@H](C(=O)N3CCCC3)CS2)cs1. The van der Waals surface area contributed by atoms with Gasteiger partial charge >= 0.3 is 0 Å². The molecule has 31 heavy (non-hydrogen) atoms. The fraction of sp³-hybridized carbons (Fsp3) is 0.650. The number of amides is 2. The molecule has 0 unspecified atom stereocenters. The maximum Gasteiger partial charge on any atom is 0.286 e. The Bertz CT molecular complexity index is 872. The van der Waals surface area contributed by atoms with Crippen LogP contribution in [0.1, 0.15) is 49.1 Å². The zero-order valence-corrected chi connectivity index (χ0v) is 21.4. The average molecular weight is 482 g/mol. The van der Waals surface area contributed by atoms with E-state index in [0.29, 0.717) is 23.0 Å². The van der Waals surface area contributed by atoms with Crippen molar-refractivity contribution >= 4 is 54.5 Å². The second kappa shape index (κ2) is 9.82. The molecule has 2 aliphatic rings. The minimum Gasteiger partial charge on any atom is -0.455 e. The number of aliphatic imine (C=N–C) groups is 1. The molecule has 2 amide bonds. The number of carbonyl (C=O) groups is 2. The van der Waals surface area contributed by atoms with E-state index in [-0.39, 0.29) is 22.9 Å². The number of oxime groups is 1. The summed E-state index contributed by atoms with van der Waals surface area (Å²) in [6.07, 6.45) is 3.70. The number of nitrogens with zero attached hydrogens (tertiary/aromatic N) is 4. The van der Waals surface area contributed by atoms with Crippen molar-refractivity contribution in [1.82, 2.24) is 15.2 Å². The molecule has 3 heterocycles. The number of thioether (sulfide) groups is 1. The lowest BCUT2D eigenvalue weighted by atomic mass is 10.2. The smallest absolute Gasteiger partial charge is 0.286 e. The second-order valence-corrected chi connectivity index (χ2v) is 15.9. The molecule has 0 saturated carbocycles. The summed E-state index contributed by atoms with van der Waals surface area (Å²) in [6, 6.07) is -0.321. The van der Waals surface area contributed by atoms with Crippen molar-refractivity contribution in [3.05, 3.63) is 16.1 Å². The molecule has 2 aliphatic heterocycles. The summed E-state index contributed by atoms with van der Waals surface area (Å²) < 4.78 is 5.77. The minimum absolute atomic E-state index is 0.0668. The number of nitrogens with one attached hydrogen (secondary N) is 1. The quantitative estimate of drug-likeness (QED) is 0.366. The van der Waals surface area contributed by atoms with Gasteiger partial charge < -0.3 is 14.7 Å². The van der Waals surface area contributed by atoms with Crippen molar-refractivity contribution in [2.24, 2.45) is 10.1 Å². The molecule has 0 bridgehead atoms. The third-order valence-electron chi connectivity index (χ3n) is 5.82. The number of aromatic nitrogens is 1. The molecule has 1 aromatic rings. The number of hydrogen-bond acceptors (Lipinski definition) is 8. The van der Waals surface area contributed by atoms with Gasteiger partial charge in [0.25, 0.3) is 14.2 Å². The average Bonchev–Trinajstić information content (AvgIpc) is 3.46. The van der Waals surface area contributed by atoms with E-state index in [2.05, 4.69) is 54.3 Å². The first-order chi connectivity index (χ1) is 14.6. The van der Waals surface area contributed by atoms with Crippen molar-refractivity contribution in [3.8, 4) is 0 Å². The Kier molecular flexibility index (Phi) is 7.58. The third kappa shape index (κ3) is 6.16. The molecule has 1 saturated heterocycles. The van der Waals surface area contributed by atoms with Gasteiger partial charge in [-0.05, 0) is 31.0 Å². The van der Waals surface area contributed by atoms with Crippen LogP contribution in [0, 0.1) is 0 Å². The lowest BCUT2D eigenvalue weighted by molar-refractivity contribution is -0.130. The maximum atomic E-state index is 12.4. The van der Waals surface area contributed by atoms with Gasteiger partial charge in [0.15, 0.2) is 0 Å². The zero-order valence-electron chi connectivity index (χ0n) is 18.8. The molecule has 3 rings (SSSR count). The van der Waals surface area contributed by atoms with Gasteiger partial charge in [0.1, 0.15) is 23.0 Å². The topological polar surface area (TPSA) is 96.2 Å². The summed E-state index contributed by atoms with van der Waals surface area (Å²) in [5.41, 5.74) is 0.340. The summed E-state index contributed by atoms with van der Waals surface area (Å²) >= 11 is 2.87. The van der Waals surface area contributed by atoms with Crippen LogP contribution in [0.5, 0.6) is 0 Å². The summed E-state index contributed by atoms with van der Waals surface area (Å²) in [5, 5.41) is 10.1. The minimum atomic E-state index is -1.97. The van der Waals surface area contributed by atoms with Crippen LogP contribution in [0.15, 0.2) is 15.5 Å². The molecule has 1 fully saturated rings. The van der Waals surface area contributed by atoms with E-state index < -0.39 is 8.32 Å². The van der Waals surface area contributed by atoms with E-state index in [9.17, 15) is 9.59 Å². The van der Waals surface area contributed by atoms with Gasteiger partial charge in [-0.3, -0.25) is 14.6 Å². The van der Waals surface area contributed by atoms with Crippen LogP contribution in [-0.2, 0) is 9.32 Å². The number of rotatable bonds is 7. The van der Waals surface area contributed by atoms with Gasteiger partial charge in [0, 0.05) is 24.2 Å². The van der Waals surface area contributed by atoms with Crippen molar-refractivity contribution in [2.75, 3.05) is 25.4 Å². The summed E-state index contributed by atoms with van der Waals surface area (Å²) in [7, 11) is -1.97. The molecule has 11 heteroatoms. The van der Waals surface area contributed by atoms with Crippen LogP contribution >= 0.6 is 23.1 Å². The highest BCUT2D eigenvalue weighted by molar-refractivity contribution is 8.14. The van der Waals surface area contributed by atoms with Gasteiger partial charge in [0.2, 0.25) is 5.91 Å². The summed E-state index contributed by atoms with van der Waals surface area (Å²) in [4.78, 5) is 35.6. The van der Waals surface area contributed by atoms with E-state index in [1.165, 1.54) is 23.1 Å². The lowest BCUT2D eigenvalue weighted by Gasteiger charge is -2.32. The first kappa shape index (κ1) is 23.9. The van der Waals surface area contributed by atoms with Crippen molar-refractivity contribution in [2.45, 2.75) is 57.8 Å². The van der Waals surface area contributed by atoms with Gasteiger partial charge in [0.05, 0.1) is 11.6 Å². The maximum absolute atomic E-state index is 12.4. The molecular weight excluding hydrogens is 450 g/mol. The molecule has 0 aliphatic carbocycles. The number of hydrogen-bond donors (Lipinski definition) is 1. The molecule has 1 N–H and O–H groups in total. The van der Waals surface area contributed by atoms with Crippen LogP contribution in [-0.4, -0.2) is 72.7 Å². The highest BCUT2D eigenvalue weighted by atomic mass is 32.2. The number of carbonyl (C=O) groups excluding carboxylic acids is 2. The first-order valence-electron chi connectivity index (χ1n) is 10.5. The molecule has 0 radical (unpaired) electrons. The van der Waals surface area contributed by atoms with E-state index in [1.54, 1.807) is 11.6 Å². The molecule has 0 spiro atoms. The molecule has 170 valence electrons. The fourth-order valence-electron chi connectivity index (χ4n) is 2.83. The van der Waals surface area contributed by atoms with Gasteiger partial charge in [-0.1, -0.05) is 20.8 Å². The second-order valence-electron chi connectivity index (χ2n) is 9.22. The highest BCUT2D eigenvalue weighted by Gasteiger charge is 2.39.